The number of hydrogen-bond acceptors (Lipinski definition) is 4. The lowest BCUT2D eigenvalue weighted by atomic mass is 10.0. The van der Waals surface area contributed by atoms with Crippen LogP contribution < -0.4 is 10.6 Å². The molecule has 3 rings (SSSR count). The Morgan fingerprint density at radius 1 is 1.10 bits per heavy atom. The van der Waals surface area contributed by atoms with Gasteiger partial charge in [0.1, 0.15) is 0 Å². The number of fused-ring (bicyclic) bond motifs is 1. The lowest BCUT2D eigenvalue weighted by molar-refractivity contribution is -0.140. The molecule has 7 heteroatoms. The van der Waals surface area contributed by atoms with E-state index in [2.05, 4.69) is 20.4 Å². The lowest BCUT2D eigenvalue weighted by Crippen LogP contribution is -2.11. The van der Waals surface area contributed by atoms with Gasteiger partial charge in [-0.25, -0.2) is 0 Å². The summed E-state index contributed by atoms with van der Waals surface area (Å²) in [7, 11) is 1.39. The van der Waals surface area contributed by atoms with Gasteiger partial charge in [-0.15, -0.1) is 0 Å². The van der Waals surface area contributed by atoms with Crippen LogP contribution in [0.3, 0.4) is 0 Å². The number of rotatable bonds is 9. The van der Waals surface area contributed by atoms with Crippen molar-refractivity contribution in [1.29, 1.82) is 0 Å². The monoisotopic (exact) mass is 395 g/mol. The Morgan fingerprint density at radius 2 is 1.90 bits per heavy atom. The van der Waals surface area contributed by atoms with Gasteiger partial charge >= 0.3 is 5.97 Å². The first kappa shape index (κ1) is 20.4. The third-order valence-electron chi connectivity index (χ3n) is 4.77. The number of nitrogens with one attached hydrogen (secondary N) is 3. The second-order valence-corrected chi connectivity index (χ2v) is 6.94. The molecule has 7 nitrogen and oxygen atoms in total. The van der Waals surface area contributed by atoms with Crippen molar-refractivity contribution in [2.75, 3.05) is 17.7 Å². The fourth-order valence-corrected chi connectivity index (χ4v) is 3.23. The van der Waals surface area contributed by atoms with Crippen LogP contribution in [0.4, 0.5) is 11.4 Å². The number of carbonyl (C=O) groups is 3. The Hall–Kier alpha value is -3.35. The van der Waals surface area contributed by atoms with E-state index >= 15 is 0 Å². The molecule has 0 atom stereocenters. The second kappa shape index (κ2) is 9.73. The number of amides is 2. The lowest BCUT2D eigenvalue weighted by Gasteiger charge is -2.07. The average Bonchev–Trinajstić information content (AvgIpc) is 3.33. The van der Waals surface area contributed by atoms with E-state index in [0.717, 1.165) is 42.6 Å². The minimum Gasteiger partial charge on any atom is -0.469 e. The maximum absolute atomic E-state index is 12.3. The summed E-state index contributed by atoms with van der Waals surface area (Å²) in [4.78, 5) is 38.6. The van der Waals surface area contributed by atoms with E-state index in [-0.39, 0.29) is 17.8 Å². The number of aromatic nitrogens is 1. The van der Waals surface area contributed by atoms with Crippen molar-refractivity contribution in [2.45, 2.75) is 38.5 Å². The first-order valence-electron chi connectivity index (χ1n) is 9.74. The predicted octanol–water partition coefficient (Wildman–Crippen LogP) is 3.96. The van der Waals surface area contributed by atoms with E-state index in [1.165, 1.54) is 7.11 Å². The molecule has 1 aliphatic heterocycles. The number of anilines is 2. The molecule has 1 aromatic carbocycles. The van der Waals surface area contributed by atoms with Gasteiger partial charge in [0, 0.05) is 41.7 Å². The van der Waals surface area contributed by atoms with Gasteiger partial charge in [0.15, 0.2) is 0 Å². The summed E-state index contributed by atoms with van der Waals surface area (Å²) in [6, 6.07) is 9.15. The summed E-state index contributed by atoms with van der Waals surface area (Å²) >= 11 is 0. The van der Waals surface area contributed by atoms with Gasteiger partial charge in [0.05, 0.1) is 12.7 Å². The molecule has 0 fully saturated rings. The fourth-order valence-electron chi connectivity index (χ4n) is 3.23. The smallest absolute Gasteiger partial charge is 0.305 e. The first-order chi connectivity index (χ1) is 14.1. The van der Waals surface area contributed by atoms with Crippen molar-refractivity contribution in [3.63, 3.8) is 0 Å². The van der Waals surface area contributed by atoms with Crippen LogP contribution >= 0.6 is 0 Å². The second-order valence-electron chi connectivity index (χ2n) is 6.94. The molecule has 3 N–H and O–H groups in total. The zero-order valence-electron chi connectivity index (χ0n) is 16.4. The predicted molar refractivity (Wildman–Crippen MR) is 112 cm³/mol. The van der Waals surface area contributed by atoms with Crippen molar-refractivity contribution in [3.8, 4) is 0 Å². The summed E-state index contributed by atoms with van der Waals surface area (Å²) in [5, 5.41) is 5.74. The highest BCUT2D eigenvalue weighted by Crippen LogP contribution is 2.35. The number of H-pyrrole nitrogens is 1. The van der Waals surface area contributed by atoms with Crippen LogP contribution in [0.2, 0.25) is 0 Å². The Bertz CT molecular complexity index is 916. The first-order valence-corrected chi connectivity index (χ1v) is 9.74. The van der Waals surface area contributed by atoms with E-state index in [9.17, 15) is 14.4 Å². The van der Waals surface area contributed by atoms with Crippen LogP contribution in [0.1, 0.15) is 49.8 Å². The van der Waals surface area contributed by atoms with Crippen LogP contribution in [-0.2, 0) is 19.1 Å². The molecule has 152 valence electrons. The molecule has 1 aromatic heterocycles. The SMILES string of the molecule is COC(=O)CCCCCCC(=O)Nc1ccc2c(c1)C(=Cc1ccc[nH]1)C(=O)N2. The van der Waals surface area contributed by atoms with Crippen LogP contribution in [0, 0.1) is 0 Å². The molecule has 0 aliphatic carbocycles. The van der Waals surface area contributed by atoms with E-state index in [1.807, 2.05) is 18.2 Å². The van der Waals surface area contributed by atoms with Gasteiger partial charge in [-0.2, -0.15) is 0 Å². The molecule has 0 radical (unpaired) electrons. The molecule has 0 saturated carbocycles. The normalized spacial score (nSPS) is 13.8. The number of carbonyl (C=O) groups excluding carboxylic acids is 3. The minimum absolute atomic E-state index is 0.0647. The highest BCUT2D eigenvalue weighted by molar-refractivity contribution is 6.35. The molecular formula is C22H25N3O4. The number of unbranched alkanes of at least 4 members (excludes halogenated alkanes) is 3. The summed E-state index contributed by atoms with van der Waals surface area (Å²) in [5.41, 5.74) is 3.56. The maximum atomic E-state index is 12.3. The van der Waals surface area contributed by atoms with Gasteiger partial charge in [0.25, 0.3) is 5.91 Å². The zero-order valence-corrected chi connectivity index (χ0v) is 16.4. The third-order valence-corrected chi connectivity index (χ3v) is 4.77. The zero-order chi connectivity index (χ0) is 20.6. The molecule has 2 aromatic rings. The van der Waals surface area contributed by atoms with Crippen molar-refractivity contribution < 1.29 is 19.1 Å². The van der Waals surface area contributed by atoms with E-state index in [1.54, 1.807) is 24.4 Å². The number of aromatic amines is 1. The van der Waals surface area contributed by atoms with Crippen LogP contribution in [0.15, 0.2) is 36.5 Å². The van der Waals surface area contributed by atoms with Gasteiger partial charge in [-0.1, -0.05) is 12.8 Å². The van der Waals surface area contributed by atoms with E-state index in [4.69, 9.17) is 0 Å². The van der Waals surface area contributed by atoms with Crippen LogP contribution in [0.5, 0.6) is 0 Å². The molecule has 2 heterocycles. The van der Waals surface area contributed by atoms with Gasteiger partial charge in [-0.3, -0.25) is 14.4 Å². The molecule has 0 unspecified atom stereocenters. The number of ether oxygens (including phenoxy) is 1. The summed E-state index contributed by atoms with van der Waals surface area (Å²) in [6.07, 6.45) is 7.73. The highest BCUT2D eigenvalue weighted by atomic mass is 16.5. The molecule has 0 saturated heterocycles. The van der Waals surface area contributed by atoms with Gasteiger partial charge in [0.2, 0.25) is 5.91 Å². The molecule has 29 heavy (non-hydrogen) atoms. The Balaban J connectivity index is 1.52. The molecular weight excluding hydrogens is 370 g/mol. The van der Waals surface area contributed by atoms with Crippen LogP contribution in [-0.4, -0.2) is 29.9 Å². The maximum Gasteiger partial charge on any atom is 0.305 e. The average molecular weight is 395 g/mol. The molecule has 0 bridgehead atoms. The fraction of sp³-hybridized carbons (Fsp3) is 0.318. The van der Waals surface area contributed by atoms with Crippen molar-refractivity contribution >= 4 is 40.8 Å². The summed E-state index contributed by atoms with van der Waals surface area (Å²) < 4.78 is 4.60. The quantitative estimate of drug-likeness (QED) is 0.340. The minimum atomic E-state index is -0.197. The number of hydrogen-bond donors (Lipinski definition) is 3. The van der Waals surface area contributed by atoms with Crippen LogP contribution in [0.25, 0.3) is 11.6 Å². The van der Waals surface area contributed by atoms with Crippen molar-refractivity contribution in [3.05, 3.63) is 47.8 Å². The molecule has 0 spiro atoms. The highest BCUT2D eigenvalue weighted by Gasteiger charge is 2.24. The van der Waals surface area contributed by atoms with Crippen molar-refractivity contribution in [2.24, 2.45) is 0 Å². The topological polar surface area (TPSA) is 100 Å². The summed E-state index contributed by atoms with van der Waals surface area (Å²) in [6.45, 7) is 0. The number of methoxy groups -OCH3 is 1. The Morgan fingerprint density at radius 3 is 2.62 bits per heavy atom. The standard InChI is InChI=1S/C22H25N3O4/c1-29-21(27)9-5-3-2-4-8-20(26)24-16-10-11-19-17(14-16)18(22(28)25-19)13-15-7-6-12-23-15/h6-7,10-14,23H,2-5,8-9H2,1H3,(H,24,26)(H,25,28). The Kier molecular flexibility index (Phi) is 6.84. The van der Waals surface area contributed by atoms with Crippen molar-refractivity contribution in [1.82, 2.24) is 4.98 Å². The van der Waals surface area contributed by atoms with E-state index < -0.39 is 0 Å². The van der Waals surface area contributed by atoms with Gasteiger partial charge < -0.3 is 20.4 Å². The molecule has 1 aliphatic rings. The van der Waals surface area contributed by atoms with Gasteiger partial charge in [-0.05, 0) is 49.2 Å². The third kappa shape index (κ3) is 5.57. The van der Waals surface area contributed by atoms with E-state index in [0.29, 0.717) is 24.1 Å². The summed E-state index contributed by atoms with van der Waals surface area (Å²) in [5.74, 6) is -0.424. The Labute approximate surface area is 169 Å². The molecule has 2 amide bonds. The largest absolute Gasteiger partial charge is 0.469 e. The number of benzene rings is 1. The number of esters is 1.